The lowest BCUT2D eigenvalue weighted by molar-refractivity contribution is -0.134. The highest BCUT2D eigenvalue weighted by atomic mass is 16.5. The van der Waals surface area contributed by atoms with Gasteiger partial charge in [-0.15, -0.1) is 0 Å². The van der Waals surface area contributed by atoms with Crippen molar-refractivity contribution >= 4 is 17.6 Å². The van der Waals surface area contributed by atoms with Crippen LogP contribution >= 0.6 is 0 Å². The molecule has 0 aromatic rings. The van der Waals surface area contributed by atoms with Gasteiger partial charge >= 0.3 is 0 Å². The van der Waals surface area contributed by atoms with E-state index in [0.717, 1.165) is 18.9 Å². The maximum absolute atomic E-state index is 12.3. The Balaban J connectivity index is 1.88. The average molecular weight is 352 g/mol. The Morgan fingerprint density at radius 2 is 2.00 bits per heavy atom. The summed E-state index contributed by atoms with van der Waals surface area (Å²) in [7, 11) is 0. The normalized spacial score (nSPS) is 21.7. The topological polar surface area (TPSA) is 105 Å². The first-order valence-electron chi connectivity index (χ1n) is 8.94. The first-order chi connectivity index (χ1) is 11.8. The number of ketones is 1. The summed E-state index contributed by atoms with van der Waals surface area (Å²) in [6, 6.07) is -1.07. The fourth-order valence-electron chi connectivity index (χ4n) is 3.27. The summed E-state index contributed by atoms with van der Waals surface area (Å²) >= 11 is 0. The van der Waals surface area contributed by atoms with Gasteiger partial charge in [-0.2, -0.15) is 0 Å². The maximum Gasteiger partial charge on any atom is 0.287 e. The van der Waals surface area contributed by atoms with Crippen LogP contribution in [0.25, 0.3) is 0 Å². The molecule has 0 aromatic heterocycles. The van der Waals surface area contributed by atoms with Crippen molar-refractivity contribution in [3.63, 3.8) is 0 Å². The van der Waals surface area contributed by atoms with E-state index in [1.165, 1.54) is 19.3 Å². The third-order valence-electron chi connectivity index (χ3n) is 4.60. The predicted octanol–water partition coefficient (Wildman–Crippen LogP) is 0.812. The lowest BCUT2D eigenvalue weighted by atomic mass is 9.89. The lowest BCUT2D eigenvalue weighted by Crippen LogP contribution is -2.51. The molecule has 0 saturated heterocycles. The Bertz CT molecular complexity index is 550. The van der Waals surface area contributed by atoms with Crippen molar-refractivity contribution in [2.45, 2.75) is 64.0 Å². The second-order valence-electron chi connectivity index (χ2n) is 7.47. The molecule has 2 amide bonds. The number of aliphatic hydroxyl groups is 1. The summed E-state index contributed by atoms with van der Waals surface area (Å²) in [5, 5.41) is 14.7. The number of amides is 2. The van der Waals surface area contributed by atoms with Gasteiger partial charge in [0, 0.05) is 19.0 Å². The van der Waals surface area contributed by atoms with Gasteiger partial charge in [-0.1, -0.05) is 19.3 Å². The number of nitrogens with one attached hydrogen (secondary N) is 2. The van der Waals surface area contributed by atoms with Gasteiger partial charge in [-0.25, -0.2) is 0 Å². The molecular formula is C18H28N2O5. The SMILES string of the molecule is CC1(C)CC(=O)C=C(C(=O)NC(CO)C(=O)NCC2CCCCC2)O1. The number of aliphatic hydroxyl groups excluding tert-OH is 1. The van der Waals surface area contributed by atoms with Gasteiger partial charge in [0.2, 0.25) is 5.91 Å². The van der Waals surface area contributed by atoms with E-state index in [1.54, 1.807) is 13.8 Å². The van der Waals surface area contributed by atoms with E-state index in [0.29, 0.717) is 12.5 Å². The summed E-state index contributed by atoms with van der Waals surface area (Å²) in [5.74, 6) is -0.976. The molecule has 1 atom stereocenters. The minimum absolute atomic E-state index is 0.125. The Morgan fingerprint density at radius 3 is 2.60 bits per heavy atom. The fourth-order valence-corrected chi connectivity index (χ4v) is 3.27. The molecule has 0 aromatic carbocycles. The van der Waals surface area contributed by atoms with Gasteiger partial charge in [0.1, 0.15) is 11.6 Å². The number of allylic oxidation sites excluding steroid dienone is 1. The van der Waals surface area contributed by atoms with Crippen molar-refractivity contribution in [1.82, 2.24) is 10.6 Å². The molecule has 1 aliphatic carbocycles. The van der Waals surface area contributed by atoms with Crippen molar-refractivity contribution in [1.29, 1.82) is 0 Å². The van der Waals surface area contributed by atoms with E-state index in [-0.39, 0.29) is 18.0 Å². The molecule has 7 nitrogen and oxygen atoms in total. The number of hydrogen-bond donors (Lipinski definition) is 3. The summed E-state index contributed by atoms with van der Waals surface area (Å²) in [5.41, 5.74) is -0.767. The highest BCUT2D eigenvalue weighted by Gasteiger charge is 2.33. The molecule has 0 spiro atoms. The minimum atomic E-state index is -1.07. The molecule has 0 radical (unpaired) electrons. The second-order valence-corrected chi connectivity index (χ2v) is 7.47. The highest BCUT2D eigenvalue weighted by molar-refractivity contribution is 6.03. The van der Waals surface area contributed by atoms with E-state index in [4.69, 9.17) is 4.74 Å². The number of carbonyl (C=O) groups is 3. The zero-order valence-corrected chi connectivity index (χ0v) is 15.0. The standard InChI is InChI=1S/C18H28N2O5/c1-18(2)9-13(22)8-15(25-18)17(24)20-14(11-21)16(23)19-10-12-6-4-3-5-7-12/h8,12,14,21H,3-7,9-11H2,1-2H3,(H,19,23)(H,20,24). The van der Waals surface area contributed by atoms with Crippen molar-refractivity contribution < 1.29 is 24.2 Å². The molecule has 1 heterocycles. The van der Waals surface area contributed by atoms with Gasteiger partial charge in [0.15, 0.2) is 11.5 Å². The quantitative estimate of drug-likeness (QED) is 0.656. The van der Waals surface area contributed by atoms with Crippen LogP contribution in [0.3, 0.4) is 0 Å². The fraction of sp³-hybridized carbons (Fsp3) is 0.722. The molecule has 3 N–H and O–H groups in total. The van der Waals surface area contributed by atoms with Crippen molar-refractivity contribution in [2.24, 2.45) is 5.92 Å². The first kappa shape index (κ1) is 19.4. The number of hydrogen-bond acceptors (Lipinski definition) is 5. The van der Waals surface area contributed by atoms with Crippen LogP contribution in [-0.4, -0.2) is 47.5 Å². The van der Waals surface area contributed by atoms with E-state index >= 15 is 0 Å². The lowest BCUT2D eigenvalue weighted by Gasteiger charge is -2.30. The van der Waals surface area contributed by atoms with Crippen LogP contribution in [0, 0.1) is 5.92 Å². The summed E-state index contributed by atoms with van der Waals surface area (Å²) in [4.78, 5) is 36.2. The monoisotopic (exact) mass is 352 g/mol. The van der Waals surface area contributed by atoms with Crippen LogP contribution in [-0.2, 0) is 19.1 Å². The Kier molecular flexibility index (Phi) is 6.58. The second kappa shape index (κ2) is 8.47. The summed E-state index contributed by atoms with van der Waals surface area (Å²) < 4.78 is 5.50. The molecule has 0 bridgehead atoms. The van der Waals surface area contributed by atoms with Gasteiger partial charge in [-0.3, -0.25) is 14.4 Å². The average Bonchev–Trinajstić information content (AvgIpc) is 2.56. The molecule has 2 aliphatic rings. The molecule has 1 saturated carbocycles. The molecule has 1 fully saturated rings. The van der Waals surface area contributed by atoms with Gasteiger partial charge in [0.25, 0.3) is 5.91 Å². The van der Waals surface area contributed by atoms with Crippen LogP contribution < -0.4 is 10.6 Å². The zero-order chi connectivity index (χ0) is 18.4. The maximum atomic E-state index is 12.3. The van der Waals surface area contributed by atoms with Crippen LogP contribution in [0.1, 0.15) is 52.4 Å². The summed E-state index contributed by atoms with van der Waals surface area (Å²) in [6.07, 6.45) is 7.10. The summed E-state index contributed by atoms with van der Waals surface area (Å²) in [6.45, 7) is 3.46. The Hall–Kier alpha value is -1.89. The van der Waals surface area contributed by atoms with Crippen LogP contribution in [0.4, 0.5) is 0 Å². The Morgan fingerprint density at radius 1 is 1.32 bits per heavy atom. The third kappa shape index (κ3) is 5.85. The van der Waals surface area contributed by atoms with E-state index in [9.17, 15) is 19.5 Å². The highest BCUT2D eigenvalue weighted by Crippen LogP contribution is 2.25. The largest absolute Gasteiger partial charge is 0.482 e. The van der Waals surface area contributed by atoms with Crippen molar-refractivity contribution in [2.75, 3.05) is 13.2 Å². The molecule has 1 aliphatic heterocycles. The number of carbonyl (C=O) groups excluding carboxylic acids is 3. The van der Waals surface area contributed by atoms with Crippen LogP contribution in [0.15, 0.2) is 11.8 Å². The molecule has 25 heavy (non-hydrogen) atoms. The zero-order valence-electron chi connectivity index (χ0n) is 15.0. The van der Waals surface area contributed by atoms with Crippen molar-refractivity contribution in [3.8, 4) is 0 Å². The van der Waals surface area contributed by atoms with Crippen LogP contribution in [0.5, 0.6) is 0 Å². The predicted molar refractivity (Wildman–Crippen MR) is 91.5 cm³/mol. The molecular weight excluding hydrogens is 324 g/mol. The number of ether oxygens (including phenoxy) is 1. The van der Waals surface area contributed by atoms with Gasteiger partial charge < -0.3 is 20.5 Å². The molecule has 7 heteroatoms. The van der Waals surface area contributed by atoms with Gasteiger partial charge in [0.05, 0.1) is 6.61 Å². The van der Waals surface area contributed by atoms with Gasteiger partial charge in [-0.05, 0) is 32.6 Å². The van der Waals surface area contributed by atoms with E-state index in [1.807, 2.05) is 0 Å². The van der Waals surface area contributed by atoms with E-state index < -0.39 is 30.1 Å². The van der Waals surface area contributed by atoms with Crippen LogP contribution in [0.2, 0.25) is 0 Å². The minimum Gasteiger partial charge on any atom is -0.482 e. The van der Waals surface area contributed by atoms with Crippen molar-refractivity contribution in [3.05, 3.63) is 11.8 Å². The third-order valence-corrected chi connectivity index (χ3v) is 4.60. The smallest absolute Gasteiger partial charge is 0.287 e. The molecule has 140 valence electrons. The molecule has 1 unspecified atom stereocenters. The molecule has 2 rings (SSSR count). The number of rotatable bonds is 6. The Labute approximate surface area is 148 Å². The van der Waals surface area contributed by atoms with E-state index in [2.05, 4.69) is 10.6 Å². The first-order valence-corrected chi connectivity index (χ1v) is 8.94.